The highest BCUT2D eigenvalue weighted by Crippen LogP contribution is 2.32. The number of anilines is 1. The van der Waals surface area contributed by atoms with Gasteiger partial charge >= 0.3 is 12.1 Å². The third kappa shape index (κ3) is 20.9. The third-order valence-electron chi connectivity index (χ3n) is 16.3. The quantitative estimate of drug-likeness (QED) is 0.0492. The van der Waals surface area contributed by atoms with Crippen molar-refractivity contribution in [3.8, 4) is 0 Å². The van der Waals surface area contributed by atoms with Crippen molar-refractivity contribution >= 4 is 70.5 Å². The minimum Gasteiger partial charge on any atom is -0.481 e. The normalized spacial score (nSPS) is 18.1. The lowest BCUT2D eigenvalue weighted by Crippen LogP contribution is -2.54. The van der Waals surface area contributed by atoms with E-state index in [1.165, 1.54) is 48.4 Å². The number of likely N-dealkylation sites (tertiary alicyclic amines) is 2. The summed E-state index contributed by atoms with van der Waals surface area (Å²) in [5, 5.41) is 12.9. The van der Waals surface area contributed by atoms with Crippen molar-refractivity contribution in [1.29, 1.82) is 0 Å². The molecule has 2 aromatic carbocycles. The number of unbranched alkanes of at least 4 members (excludes halogenated alkanes) is 2. The summed E-state index contributed by atoms with van der Waals surface area (Å²) in [6.45, 7) is 18.5. The number of carbonyl (C=O) groups is 9. The molecule has 0 aliphatic carbocycles. The molecule has 19 heteroatoms. The van der Waals surface area contributed by atoms with Crippen molar-refractivity contribution in [1.82, 2.24) is 19.6 Å². The topological polar surface area (TPSA) is 227 Å². The van der Waals surface area contributed by atoms with E-state index in [2.05, 4.69) is 5.32 Å². The molecule has 1 unspecified atom stereocenters. The van der Waals surface area contributed by atoms with Crippen LogP contribution < -0.4 is 5.32 Å². The van der Waals surface area contributed by atoms with Crippen LogP contribution in [0.5, 0.6) is 0 Å². The number of aryl methyl sites for hydroxylation is 1. The predicted octanol–water partition coefficient (Wildman–Crippen LogP) is 9.18. The monoisotopic (exact) mass is 1160 g/mol. The Kier molecular flexibility index (Phi) is 30.5. The molecule has 2 heterocycles. The highest BCUT2D eigenvalue weighted by Gasteiger charge is 2.44. The number of nitrogens with zero attached hydrogens (tertiary/aromatic N) is 4. The molecule has 4 rings (SSSR count). The first-order chi connectivity index (χ1) is 38.9. The number of benzene rings is 2. The molecule has 18 nitrogen and oxygen atoms in total. The number of rotatable bonds is 34. The van der Waals surface area contributed by atoms with Gasteiger partial charge in [-0.2, -0.15) is 11.8 Å². The Morgan fingerprint density at radius 2 is 1.48 bits per heavy atom. The number of amides is 5. The molecule has 458 valence electrons. The van der Waals surface area contributed by atoms with Crippen molar-refractivity contribution in [2.75, 3.05) is 66.1 Å². The van der Waals surface area contributed by atoms with Crippen molar-refractivity contribution in [3.05, 3.63) is 65.7 Å². The Morgan fingerprint density at radius 3 is 2.02 bits per heavy atom. The minimum absolute atomic E-state index is 0.0262. The van der Waals surface area contributed by atoms with Crippen LogP contribution in [0.4, 0.5) is 10.5 Å². The number of likely N-dealkylation sites (N-methyl/N-ethyl adjacent to an activating group) is 2. The molecule has 2 aliphatic heterocycles. The van der Waals surface area contributed by atoms with E-state index in [4.69, 9.17) is 14.2 Å². The lowest BCUT2D eigenvalue weighted by molar-refractivity contribution is -0.149. The zero-order valence-electron chi connectivity index (χ0n) is 51.5. The molecule has 2 fully saturated rings. The van der Waals surface area contributed by atoms with Crippen molar-refractivity contribution < 1.29 is 62.5 Å². The number of ether oxygens (including phenoxy) is 3. The summed E-state index contributed by atoms with van der Waals surface area (Å²) in [5.74, 6) is -4.60. The fraction of sp³-hybridized carbons (Fsp3) is 0.667. The number of carbonyl (C=O) groups excluding carboxylic acids is 8. The maximum absolute atomic E-state index is 14.4. The standard InChI is InChI=1S/C44H71N3O10.C19H26N2O3S/c1-13-29(7)40(45(9)42(51)33(27(3)4)25-36(49)39(28(5)6)46(10)44(54)57-14-2)37(55-11)26-38(50)47-22-18-21-34(47)41(56-12)30(8)35(48)24-32(43(52)53)23-31-19-16-15-17-20-31;1-14-7-9-15(10-8-14)20-13-16(22)6-4-3-5-11-21-18(23)12-17(25-2)19(21)24/h15-17,19-20,27-30,32-34,37,39-41H,13-14,18,21-26H2,1-12H3,(H,52,53);7-10,17,20H,3-6,11-13H2,1-2H3/t29-,30-,32+,33-,34-,37+,39-,40-,41+;/m0./s1. The zero-order chi connectivity index (χ0) is 61.4. The molecule has 2 N–H and O–H groups in total. The summed E-state index contributed by atoms with van der Waals surface area (Å²) >= 11 is 1.44. The number of ketones is 3. The van der Waals surface area contributed by atoms with Gasteiger partial charge in [0.2, 0.25) is 23.6 Å². The fourth-order valence-corrected chi connectivity index (χ4v) is 11.9. The van der Waals surface area contributed by atoms with Crippen molar-refractivity contribution in [2.45, 2.75) is 175 Å². The first-order valence-electron chi connectivity index (χ1n) is 29.4. The Balaban J connectivity index is 0.000000583. The molecule has 0 bridgehead atoms. The molecular weight excluding hydrogens is 1070 g/mol. The van der Waals surface area contributed by atoms with Gasteiger partial charge in [0.05, 0.1) is 61.1 Å². The molecule has 0 saturated carbocycles. The first-order valence-corrected chi connectivity index (χ1v) is 30.7. The van der Waals surface area contributed by atoms with Crippen LogP contribution in [0.3, 0.4) is 0 Å². The average Bonchev–Trinajstić information content (AvgIpc) is 4.13. The number of carboxylic acids is 1. The third-order valence-corrected chi connectivity index (χ3v) is 17.3. The largest absolute Gasteiger partial charge is 0.481 e. The molecule has 2 aromatic rings. The molecule has 5 amide bonds. The second-order valence-electron chi connectivity index (χ2n) is 22.9. The number of thioether (sulfide) groups is 1. The second kappa shape index (κ2) is 35.5. The lowest BCUT2D eigenvalue weighted by atomic mass is 9.83. The van der Waals surface area contributed by atoms with Crippen molar-refractivity contribution in [2.24, 2.45) is 35.5 Å². The van der Waals surface area contributed by atoms with Gasteiger partial charge < -0.3 is 39.3 Å². The number of methoxy groups -OCH3 is 2. The van der Waals surface area contributed by atoms with E-state index in [1.54, 1.807) is 30.7 Å². The Labute approximate surface area is 492 Å². The van der Waals surface area contributed by atoms with E-state index < -0.39 is 60.1 Å². The lowest BCUT2D eigenvalue weighted by Gasteiger charge is -2.41. The van der Waals surface area contributed by atoms with Crippen LogP contribution in [0.25, 0.3) is 0 Å². The number of hydrogen-bond acceptors (Lipinski definition) is 14. The maximum atomic E-state index is 14.4. The molecule has 2 aliphatic rings. The molecule has 10 atom stereocenters. The number of imide groups is 1. The van der Waals surface area contributed by atoms with Gasteiger partial charge in [-0.25, -0.2) is 4.79 Å². The summed E-state index contributed by atoms with van der Waals surface area (Å²) in [7, 11) is 6.29. The van der Waals surface area contributed by atoms with Crippen LogP contribution in [-0.2, 0) is 59.0 Å². The Morgan fingerprint density at radius 1 is 0.817 bits per heavy atom. The highest BCUT2D eigenvalue weighted by atomic mass is 32.2. The van der Waals surface area contributed by atoms with Crippen LogP contribution in [0.15, 0.2) is 54.6 Å². The average molecular weight is 1160 g/mol. The second-order valence-corrected chi connectivity index (χ2v) is 23.9. The van der Waals surface area contributed by atoms with Crippen molar-refractivity contribution in [3.63, 3.8) is 0 Å². The summed E-state index contributed by atoms with van der Waals surface area (Å²) in [6, 6.07) is 15.5. The van der Waals surface area contributed by atoms with E-state index in [-0.39, 0.29) is 96.3 Å². The van der Waals surface area contributed by atoms with Gasteiger partial charge in [-0.15, -0.1) is 0 Å². The Bertz CT molecular complexity index is 2390. The maximum Gasteiger partial charge on any atom is 0.410 e. The molecule has 82 heavy (non-hydrogen) atoms. The summed E-state index contributed by atoms with van der Waals surface area (Å²) < 4.78 is 17.1. The number of nitrogens with one attached hydrogen (secondary N) is 1. The highest BCUT2D eigenvalue weighted by molar-refractivity contribution is 8.00. The molecule has 0 spiro atoms. The van der Waals surface area contributed by atoms with E-state index >= 15 is 0 Å². The van der Waals surface area contributed by atoms with Gasteiger partial charge in [0.1, 0.15) is 5.78 Å². The van der Waals surface area contributed by atoms with E-state index in [9.17, 15) is 48.3 Å². The SMILES string of the molecule is CCOC(=O)N(C)[C@H](C(=O)C[C@H](C(=O)N(C)[C@@H]([C@@H](C)CC)[C@@H](CC(=O)N1CCC[C@H]1[C@H](OC)[C@@H](C)C(=O)C[C@@H](Cc1ccccc1)C(=O)O)OC)C(C)C)C(C)C.CSC1CC(=O)N(CCCCCC(=O)CNc2ccc(C)cc2)C1=O. The number of carboxylic acid groups (broad SMARTS) is 1. The van der Waals surface area contributed by atoms with Gasteiger partial charge in [0.25, 0.3) is 0 Å². The van der Waals surface area contributed by atoms with Gasteiger partial charge in [0, 0.05) is 84.6 Å². The summed E-state index contributed by atoms with van der Waals surface area (Å²) in [4.78, 5) is 123. The van der Waals surface area contributed by atoms with Crippen LogP contribution >= 0.6 is 11.8 Å². The van der Waals surface area contributed by atoms with Crippen LogP contribution in [0.1, 0.15) is 137 Å². The van der Waals surface area contributed by atoms with Crippen LogP contribution in [0.2, 0.25) is 0 Å². The molecule has 0 aromatic heterocycles. The number of aliphatic carboxylic acids is 1. The van der Waals surface area contributed by atoms with E-state index in [1.807, 2.05) is 109 Å². The zero-order valence-corrected chi connectivity index (χ0v) is 52.3. The predicted molar refractivity (Wildman–Crippen MR) is 320 cm³/mol. The van der Waals surface area contributed by atoms with E-state index in [0.717, 1.165) is 30.5 Å². The van der Waals surface area contributed by atoms with Crippen LogP contribution in [0, 0.1) is 42.4 Å². The molecule has 0 radical (unpaired) electrons. The Hall–Kier alpha value is -5.66. The van der Waals surface area contributed by atoms with Gasteiger partial charge in [-0.05, 0) is 87.7 Å². The molecular formula is C63H97N5O13S. The number of Topliss-reactive ketones (excluding diaryl/α,β-unsaturated/α-hetero) is 3. The number of hydrogen-bond donors (Lipinski definition) is 2. The van der Waals surface area contributed by atoms with Gasteiger partial charge in [0.15, 0.2) is 11.6 Å². The minimum atomic E-state index is -1.04. The molecule has 2 saturated heterocycles. The van der Waals surface area contributed by atoms with E-state index in [0.29, 0.717) is 51.7 Å². The first kappa shape index (κ1) is 70.6. The fourth-order valence-electron chi connectivity index (χ4n) is 11.3. The van der Waals surface area contributed by atoms with Crippen LogP contribution in [-0.4, -0.2) is 174 Å². The summed E-state index contributed by atoms with van der Waals surface area (Å²) in [6.07, 6.45) is 5.17. The smallest absolute Gasteiger partial charge is 0.410 e. The van der Waals surface area contributed by atoms with Gasteiger partial charge in [-0.1, -0.05) is 109 Å². The van der Waals surface area contributed by atoms with Gasteiger partial charge in [-0.3, -0.25) is 43.3 Å². The summed E-state index contributed by atoms with van der Waals surface area (Å²) in [5.41, 5.74) is 2.98.